The van der Waals surface area contributed by atoms with Gasteiger partial charge in [0.1, 0.15) is 0 Å². The third-order valence-corrected chi connectivity index (χ3v) is 1.71. The summed E-state index contributed by atoms with van der Waals surface area (Å²) in [6.07, 6.45) is 2.00. The lowest BCUT2D eigenvalue weighted by molar-refractivity contribution is 0.648. The molecule has 0 aliphatic heterocycles. The molecular formula is C10H14N. The van der Waals surface area contributed by atoms with E-state index >= 15 is 0 Å². The minimum Gasteiger partial charge on any atom is -0.255 e. The van der Waals surface area contributed by atoms with Gasteiger partial charge >= 0.3 is 0 Å². The fourth-order valence-electron chi connectivity index (χ4n) is 1.03. The molecule has 0 aliphatic rings. The zero-order chi connectivity index (χ0) is 8.10. The summed E-state index contributed by atoms with van der Waals surface area (Å²) in [4.78, 5) is 0. The highest BCUT2D eigenvalue weighted by molar-refractivity contribution is 5.14. The molecule has 1 nitrogen and oxygen atoms in total. The van der Waals surface area contributed by atoms with Crippen LogP contribution in [0.2, 0.25) is 0 Å². The Morgan fingerprint density at radius 1 is 1.27 bits per heavy atom. The fourth-order valence-corrected chi connectivity index (χ4v) is 1.03. The Morgan fingerprint density at radius 2 is 1.91 bits per heavy atom. The number of rotatable bonds is 3. The van der Waals surface area contributed by atoms with Crippen molar-refractivity contribution in [1.29, 1.82) is 0 Å². The third kappa shape index (κ3) is 3.19. The van der Waals surface area contributed by atoms with E-state index in [9.17, 15) is 0 Å². The van der Waals surface area contributed by atoms with Gasteiger partial charge in [0.05, 0.1) is 0 Å². The lowest BCUT2D eigenvalue weighted by atomic mass is 10.1. The van der Waals surface area contributed by atoms with Crippen molar-refractivity contribution in [1.82, 2.24) is 5.73 Å². The SMILES string of the molecule is CC([NH])CCc1ccccc1. The number of hydrogen-bond donors (Lipinski definition) is 0. The maximum atomic E-state index is 7.33. The Kier molecular flexibility index (Phi) is 3.12. The van der Waals surface area contributed by atoms with Crippen LogP contribution in [0.4, 0.5) is 0 Å². The Bertz CT molecular complexity index is 191. The lowest BCUT2D eigenvalue weighted by Crippen LogP contribution is -2.03. The van der Waals surface area contributed by atoms with Crippen LogP contribution in [0.15, 0.2) is 30.3 Å². The molecule has 0 fully saturated rings. The first-order valence-corrected chi connectivity index (χ1v) is 4.04. The van der Waals surface area contributed by atoms with Crippen LogP contribution in [0.3, 0.4) is 0 Å². The quantitative estimate of drug-likeness (QED) is 0.628. The second-order valence-electron chi connectivity index (χ2n) is 2.93. The van der Waals surface area contributed by atoms with Gasteiger partial charge in [-0.1, -0.05) is 30.3 Å². The number of aryl methyl sites for hydroxylation is 1. The molecule has 0 heterocycles. The molecule has 1 aromatic rings. The van der Waals surface area contributed by atoms with E-state index in [1.807, 2.05) is 25.1 Å². The Hall–Kier alpha value is -0.820. The molecule has 0 aromatic heterocycles. The van der Waals surface area contributed by atoms with E-state index in [1.54, 1.807) is 0 Å². The van der Waals surface area contributed by atoms with E-state index in [1.165, 1.54) is 5.56 Å². The average Bonchev–Trinajstić information content (AvgIpc) is 2.03. The van der Waals surface area contributed by atoms with Gasteiger partial charge in [-0.3, -0.25) is 5.73 Å². The van der Waals surface area contributed by atoms with Crippen molar-refractivity contribution in [3.63, 3.8) is 0 Å². The van der Waals surface area contributed by atoms with E-state index < -0.39 is 0 Å². The van der Waals surface area contributed by atoms with Gasteiger partial charge < -0.3 is 0 Å². The predicted molar refractivity (Wildman–Crippen MR) is 47.3 cm³/mol. The van der Waals surface area contributed by atoms with E-state index in [-0.39, 0.29) is 6.04 Å². The zero-order valence-corrected chi connectivity index (χ0v) is 6.88. The summed E-state index contributed by atoms with van der Waals surface area (Å²) in [6.45, 7) is 1.93. The Morgan fingerprint density at radius 3 is 2.45 bits per heavy atom. The minimum atomic E-state index is 0.0650. The molecule has 0 saturated carbocycles. The predicted octanol–water partition coefficient (Wildman–Crippen LogP) is 2.29. The fraction of sp³-hybridized carbons (Fsp3) is 0.400. The average molecular weight is 148 g/mol. The third-order valence-electron chi connectivity index (χ3n) is 1.71. The smallest absolute Gasteiger partial charge is 0.0187 e. The molecule has 1 atom stereocenters. The summed E-state index contributed by atoms with van der Waals surface area (Å²) < 4.78 is 0. The van der Waals surface area contributed by atoms with Crippen LogP contribution in [0.5, 0.6) is 0 Å². The molecule has 0 aliphatic carbocycles. The molecule has 0 bridgehead atoms. The number of benzene rings is 1. The van der Waals surface area contributed by atoms with Gasteiger partial charge in [-0.15, -0.1) is 0 Å². The molecule has 0 spiro atoms. The molecule has 0 amide bonds. The zero-order valence-electron chi connectivity index (χ0n) is 6.88. The molecule has 59 valence electrons. The first-order chi connectivity index (χ1) is 5.29. The monoisotopic (exact) mass is 148 g/mol. The standard InChI is InChI=1S/C10H14N/c1-9(11)7-8-10-5-3-2-4-6-10/h2-6,9,11H,7-8H2,1H3. The van der Waals surface area contributed by atoms with Gasteiger partial charge in [-0.2, -0.15) is 0 Å². The van der Waals surface area contributed by atoms with Crippen LogP contribution in [0, 0.1) is 0 Å². The Labute approximate surface area is 68.2 Å². The van der Waals surface area contributed by atoms with Crippen LogP contribution >= 0.6 is 0 Å². The highest BCUT2D eigenvalue weighted by Gasteiger charge is 1.95. The maximum Gasteiger partial charge on any atom is 0.0187 e. The first kappa shape index (κ1) is 8.28. The van der Waals surface area contributed by atoms with Crippen LogP contribution in [-0.2, 0) is 6.42 Å². The second-order valence-corrected chi connectivity index (χ2v) is 2.93. The molecule has 1 radical (unpaired) electrons. The van der Waals surface area contributed by atoms with Gasteiger partial charge in [0, 0.05) is 6.04 Å². The molecule has 1 unspecified atom stereocenters. The maximum absolute atomic E-state index is 7.33. The van der Waals surface area contributed by atoms with Crippen LogP contribution in [0.1, 0.15) is 18.9 Å². The molecule has 1 heteroatoms. The molecule has 1 rings (SSSR count). The minimum absolute atomic E-state index is 0.0650. The van der Waals surface area contributed by atoms with Crippen molar-refractivity contribution in [2.45, 2.75) is 25.8 Å². The van der Waals surface area contributed by atoms with Gasteiger partial charge in [-0.25, -0.2) is 0 Å². The van der Waals surface area contributed by atoms with Crippen molar-refractivity contribution in [2.75, 3.05) is 0 Å². The molecule has 1 N–H and O–H groups in total. The number of nitrogens with one attached hydrogen (secondary N) is 1. The van der Waals surface area contributed by atoms with Crippen LogP contribution in [-0.4, -0.2) is 6.04 Å². The second kappa shape index (κ2) is 4.14. The molecule has 1 aromatic carbocycles. The highest BCUT2D eigenvalue weighted by Crippen LogP contribution is 2.03. The summed E-state index contributed by atoms with van der Waals surface area (Å²) in [7, 11) is 0. The van der Waals surface area contributed by atoms with Gasteiger partial charge in [0.2, 0.25) is 0 Å². The Balaban J connectivity index is 2.39. The molecular weight excluding hydrogens is 134 g/mol. The van der Waals surface area contributed by atoms with E-state index in [4.69, 9.17) is 5.73 Å². The summed E-state index contributed by atoms with van der Waals surface area (Å²) in [5, 5.41) is 0. The summed E-state index contributed by atoms with van der Waals surface area (Å²) in [5.74, 6) is 0. The van der Waals surface area contributed by atoms with Crippen LogP contribution < -0.4 is 5.73 Å². The summed E-state index contributed by atoms with van der Waals surface area (Å²) in [5.41, 5.74) is 8.67. The van der Waals surface area contributed by atoms with E-state index in [0.29, 0.717) is 0 Å². The van der Waals surface area contributed by atoms with E-state index in [0.717, 1.165) is 12.8 Å². The van der Waals surface area contributed by atoms with Gasteiger partial charge in [0.25, 0.3) is 0 Å². The lowest BCUT2D eigenvalue weighted by Gasteiger charge is -2.02. The van der Waals surface area contributed by atoms with Crippen molar-refractivity contribution in [2.24, 2.45) is 0 Å². The van der Waals surface area contributed by atoms with Crippen LogP contribution in [0.25, 0.3) is 0 Å². The van der Waals surface area contributed by atoms with E-state index in [2.05, 4.69) is 12.1 Å². The normalized spacial score (nSPS) is 12.9. The van der Waals surface area contributed by atoms with Crippen molar-refractivity contribution >= 4 is 0 Å². The van der Waals surface area contributed by atoms with Gasteiger partial charge in [-0.05, 0) is 25.3 Å². The van der Waals surface area contributed by atoms with Crippen molar-refractivity contribution in [3.05, 3.63) is 35.9 Å². The molecule has 0 saturated heterocycles. The first-order valence-electron chi connectivity index (χ1n) is 4.04. The topological polar surface area (TPSA) is 23.8 Å². The summed E-state index contributed by atoms with van der Waals surface area (Å²) in [6, 6.07) is 10.4. The van der Waals surface area contributed by atoms with Crippen molar-refractivity contribution < 1.29 is 0 Å². The largest absolute Gasteiger partial charge is 0.255 e. The number of hydrogen-bond acceptors (Lipinski definition) is 0. The summed E-state index contributed by atoms with van der Waals surface area (Å²) >= 11 is 0. The van der Waals surface area contributed by atoms with Gasteiger partial charge in [0.15, 0.2) is 0 Å². The van der Waals surface area contributed by atoms with Crippen molar-refractivity contribution in [3.8, 4) is 0 Å². The molecule has 11 heavy (non-hydrogen) atoms. The highest BCUT2D eigenvalue weighted by atomic mass is 14.6.